The monoisotopic (exact) mass is 239 g/mol. The van der Waals surface area contributed by atoms with Crippen LogP contribution in [0.3, 0.4) is 0 Å². The predicted octanol–water partition coefficient (Wildman–Crippen LogP) is 0.982. The molecule has 0 amide bonds. The predicted molar refractivity (Wildman–Crippen MR) is 59.6 cm³/mol. The highest BCUT2D eigenvalue weighted by molar-refractivity contribution is 7.90. The van der Waals surface area contributed by atoms with Crippen LogP contribution in [0.5, 0.6) is 0 Å². The van der Waals surface area contributed by atoms with Crippen LogP contribution in [0, 0.1) is 5.92 Å². The van der Waals surface area contributed by atoms with E-state index in [9.17, 15) is 8.42 Å². The molecule has 1 aliphatic rings. The van der Waals surface area contributed by atoms with Crippen LogP contribution in [0.25, 0.3) is 0 Å². The third-order valence-electron chi connectivity index (χ3n) is 2.67. The van der Waals surface area contributed by atoms with Crippen LogP contribution in [0.2, 0.25) is 0 Å². The Balaban J connectivity index is 2.23. The molecule has 0 saturated carbocycles. The van der Waals surface area contributed by atoms with E-state index in [4.69, 9.17) is 11.6 Å². The van der Waals surface area contributed by atoms with Crippen LogP contribution in [0.4, 0.5) is 0 Å². The van der Waals surface area contributed by atoms with Gasteiger partial charge in [-0.15, -0.1) is 11.6 Å². The lowest BCUT2D eigenvalue weighted by molar-refractivity contribution is 0.341. The third-order valence-corrected chi connectivity index (χ3v) is 3.81. The summed E-state index contributed by atoms with van der Waals surface area (Å²) in [5, 5.41) is 0. The van der Waals surface area contributed by atoms with E-state index >= 15 is 0 Å². The van der Waals surface area contributed by atoms with Gasteiger partial charge in [0.2, 0.25) is 0 Å². The highest BCUT2D eigenvalue weighted by Crippen LogP contribution is 2.19. The lowest BCUT2D eigenvalue weighted by atomic mass is 10.1. The zero-order valence-electron chi connectivity index (χ0n) is 8.58. The molecule has 14 heavy (non-hydrogen) atoms. The van der Waals surface area contributed by atoms with Crippen LogP contribution in [-0.2, 0) is 9.84 Å². The summed E-state index contributed by atoms with van der Waals surface area (Å²) in [5.74, 6) is 1.66. The van der Waals surface area contributed by atoms with Crippen LogP contribution < -0.4 is 0 Å². The second kappa shape index (κ2) is 5.33. The molecule has 0 aromatic carbocycles. The molecule has 1 atom stereocenters. The van der Waals surface area contributed by atoms with Gasteiger partial charge >= 0.3 is 0 Å². The largest absolute Gasteiger partial charge is 0.302 e. The fraction of sp³-hybridized carbons (Fsp3) is 1.00. The van der Waals surface area contributed by atoms with Gasteiger partial charge in [-0.2, -0.15) is 0 Å². The number of hydrogen-bond acceptors (Lipinski definition) is 3. The van der Waals surface area contributed by atoms with Crippen LogP contribution >= 0.6 is 11.6 Å². The first kappa shape index (κ1) is 12.3. The summed E-state index contributed by atoms with van der Waals surface area (Å²) in [6.45, 7) is 2.72. The second-order valence-corrected chi connectivity index (χ2v) is 6.70. The molecular formula is C9H18ClNO2S. The molecule has 1 heterocycles. The Hall–Kier alpha value is 0.200. The fourth-order valence-electron chi connectivity index (χ4n) is 1.80. The number of sulfone groups is 1. The van der Waals surface area contributed by atoms with E-state index in [1.165, 1.54) is 6.26 Å². The first-order valence-corrected chi connectivity index (χ1v) is 7.57. The van der Waals surface area contributed by atoms with Crippen LogP contribution in [0.15, 0.2) is 0 Å². The van der Waals surface area contributed by atoms with Crippen molar-refractivity contribution in [3.63, 3.8) is 0 Å². The van der Waals surface area contributed by atoms with E-state index in [0.717, 1.165) is 25.9 Å². The number of alkyl halides is 1. The zero-order chi connectivity index (χ0) is 10.6. The van der Waals surface area contributed by atoms with Crippen molar-refractivity contribution in [2.75, 3.05) is 37.5 Å². The molecule has 0 spiro atoms. The summed E-state index contributed by atoms with van der Waals surface area (Å²) < 4.78 is 21.9. The SMILES string of the molecule is CS(=O)(=O)CCN1CCC(CCCl)C1. The molecule has 3 nitrogen and oxygen atoms in total. The molecular weight excluding hydrogens is 222 g/mol. The average molecular weight is 240 g/mol. The number of likely N-dealkylation sites (tertiary alicyclic amines) is 1. The molecule has 0 bridgehead atoms. The van der Waals surface area contributed by atoms with Gasteiger partial charge in [0.1, 0.15) is 9.84 Å². The lowest BCUT2D eigenvalue weighted by Gasteiger charge is -2.14. The molecule has 1 unspecified atom stereocenters. The maximum atomic E-state index is 10.9. The zero-order valence-corrected chi connectivity index (χ0v) is 10.1. The Kier molecular flexibility index (Phi) is 4.67. The van der Waals surface area contributed by atoms with Crippen molar-refractivity contribution < 1.29 is 8.42 Å². The van der Waals surface area contributed by atoms with Gasteiger partial charge in [-0.3, -0.25) is 0 Å². The quantitative estimate of drug-likeness (QED) is 0.672. The molecule has 5 heteroatoms. The van der Waals surface area contributed by atoms with Crippen molar-refractivity contribution in [2.24, 2.45) is 5.92 Å². The summed E-state index contributed by atoms with van der Waals surface area (Å²) in [6, 6.07) is 0. The molecule has 1 aliphatic heterocycles. The Labute approximate surface area is 91.3 Å². The Bertz CT molecular complexity index is 266. The fourth-order valence-corrected chi connectivity index (χ4v) is 2.70. The van der Waals surface area contributed by atoms with Crippen molar-refractivity contribution in [3.05, 3.63) is 0 Å². The van der Waals surface area contributed by atoms with Crippen LogP contribution in [0.1, 0.15) is 12.8 Å². The Morgan fingerprint density at radius 1 is 1.50 bits per heavy atom. The molecule has 1 rings (SSSR count). The highest BCUT2D eigenvalue weighted by Gasteiger charge is 2.22. The average Bonchev–Trinajstić information content (AvgIpc) is 2.49. The van der Waals surface area contributed by atoms with Crippen molar-refractivity contribution in [2.45, 2.75) is 12.8 Å². The molecule has 0 aliphatic carbocycles. The van der Waals surface area contributed by atoms with Crippen molar-refractivity contribution in [1.29, 1.82) is 0 Å². The Morgan fingerprint density at radius 3 is 2.79 bits per heavy atom. The summed E-state index contributed by atoms with van der Waals surface area (Å²) in [7, 11) is -2.81. The third kappa shape index (κ3) is 4.62. The van der Waals surface area contributed by atoms with Crippen molar-refractivity contribution >= 4 is 21.4 Å². The maximum Gasteiger partial charge on any atom is 0.148 e. The maximum absolute atomic E-state index is 10.9. The number of rotatable bonds is 5. The van der Waals surface area contributed by atoms with E-state index in [0.29, 0.717) is 18.3 Å². The lowest BCUT2D eigenvalue weighted by Crippen LogP contribution is -2.27. The summed E-state index contributed by atoms with van der Waals surface area (Å²) in [5.41, 5.74) is 0. The van der Waals surface area contributed by atoms with Gasteiger partial charge in [0, 0.05) is 25.2 Å². The van der Waals surface area contributed by atoms with Gasteiger partial charge in [-0.25, -0.2) is 8.42 Å². The summed E-state index contributed by atoms with van der Waals surface area (Å²) >= 11 is 5.66. The van der Waals surface area contributed by atoms with Gasteiger partial charge in [-0.05, 0) is 25.3 Å². The van der Waals surface area contributed by atoms with Gasteiger partial charge < -0.3 is 4.90 Å². The molecule has 1 saturated heterocycles. The molecule has 84 valence electrons. The number of halogens is 1. The molecule has 0 aromatic heterocycles. The second-order valence-electron chi connectivity index (χ2n) is 4.06. The molecule has 1 fully saturated rings. The molecule has 0 radical (unpaired) electrons. The Morgan fingerprint density at radius 2 is 2.21 bits per heavy atom. The smallest absolute Gasteiger partial charge is 0.148 e. The van der Waals surface area contributed by atoms with E-state index in [2.05, 4.69) is 4.90 Å². The van der Waals surface area contributed by atoms with Crippen LogP contribution in [-0.4, -0.2) is 50.8 Å². The minimum atomic E-state index is -2.81. The van der Waals surface area contributed by atoms with Gasteiger partial charge in [0.15, 0.2) is 0 Å². The number of hydrogen-bond donors (Lipinski definition) is 0. The van der Waals surface area contributed by atoms with E-state index in [-0.39, 0.29) is 5.75 Å². The normalized spacial score (nSPS) is 24.3. The van der Waals surface area contributed by atoms with Gasteiger partial charge in [0.05, 0.1) is 5.75 Å². The van der Waals surface area contributed by atoms with E-state index < -0.39 is 9.84 Å². The highest BCUT2D eigenvalue weighted by atomic mass is 35.5. The summed E-state index contributed by atoms with van der Waals surface area (Å²) in [4.78, 5) is 2.22. The topological polar surface area (TPSA) is 37.4 Å². The van der Waals surface area contributed by atoms with Gasteiger partial charge in [-0.1, -0.05) is 0 Å². The van der Waals surface area contributed by atoms with Crippen molar-refractivity contribution in [3.8, 4) is 0 Å². The first-order chi connectivity index (χ1) is 6.51. The minimum Gasteiger partial charge on any atom is -0.302 e. The summed E-state index contributed by atoms with van der Waals surface area (Å²) in [6.07, 6.45) is 3.51. The first-order valence-electron chi connectivity index (χ1n) is 4.97. The molecule has 0 aromatic rings. The standard InChI is InChI=1S/C9H18ClNO2S/c1-14(12,13)7-6-11-5-3-9(8-11)2-4-10/h9H,2-8H2,1H3. The molecule has 0 N–H and O–H groups in total. The van der Waals surface area contributed by atoms with E-state index in [1.807, 2.05) is 0 Å². The van der Waals surface area contributed by atoms with E-state index in [1.54, 1.807) is 0 Å². The minimum absolute atomic E-state index is 0.278. The number of nitrogens with zero attached hydrogens (tertiary/aromatic N) is 1. The van der Waals surface area contributed by atoms with Crippen molar-refractivity contribution in [1.82, 2.24) is 4.90 Å². The van der Waals surface area contributed by atoms with Gasteiger partial charge in [0.25, 0.3) is 0 Å².